The number of nitrogens with one attached hydrogen (secondary N) is 1. The van der Waals surface area contributed by atoms with Crippen LogP contribution in [0, 0.1) is 0 Å². The maximum atomic E-state index is 10.6. The summed E-state index contributed by atoms with van der Waals surface area (Å²) in [6, 6.07) is 11.0. The van der Waals surface area contributed by atoms with Gasteiger partial charge in [0.2, 0.25) is 0 Å². The third-order valence-electron chi connectivity index (χ3n) is 5.64. The fourth-order valence-electron chi connectivity index (χ4n) is 3.79. The Morgan fingerprint density at radius 2 is 1.50 bits per heavy atom. The van der Waals surface area contributed by atoms with Crippen LogP contribution in [0.2, 0.25) is 0 Å². The fraction of sp³-hybridized carbons (Fsp3) is 0.500. The molecule has 14 heteroatoms. The van der Waals surface area contributed by atoms with E-state index in [0.29, 0.717) is 0 Å². The zero-order valence-corrected chi connectivity index (χ0v) is 19.0. The number of carboxylic acid groups (broad SMARTS) is 2. The van der Waals surface area contributed by atoms with Crippen LogP contribution in [0.15, 0.2) is 36.5 Å². The number of hydrogen-bond acceptors (Lipinski definition) is 5. The van der Waals surface area contributed by atoms with Crippen molar-refractivity contribution in [3.63, 3.8) is 0 Å². The summed E-state index contributed by atoms with van der Waals surface area (Å²) in [5.74, 6) is -4.79. The summed E-state index contributed by atoms with van der Waals surface area (Å²) < 4.78 is 63.5. The van der Waals surface area contributed by atoms with Gasteiger partial charge in [0.1, 0.15) is 0 Å². The summed E-state index contributed by atoms with van der Waals surface area (Å²) in [5, 5.41) is 21.5. The molecule has 1 saturated heterocycles. The number of aromatic nitrogens is 2. The molecule has 1 unspecified atom stereocenters. The lowest BCUT2D eigenvalue weighted by molar-refractivity contribution is -0.193. The van der Waals surface area contributed by atoms with Crippen molar-refractivity contribution in [1.29, 1.82) is 0 Å². The molecule has 0 spiro atoms. The molecule has 1 aromatic heterocycles. The van der Waals surface area contributed by atoms with Crippen molar-refractivity contribution in [2.24, 2.45) is 0 Å². The molecule has 36 heavy (non-hydrogen) atoms. The van der Waals surface area contributed by atoms with Crippen molar-refractivity contribution in [2.45, 2.75) is 37.7 Å². The first kappa shape index (κ1) is 29.1. The van der Waals surface area contributed by atoms with E-state index >= 15 is 0 Å². The number of fused-ring (bicyclic) bond motifs is 1. The molecule has 0 amide bonds. The Bertz CT molecular complexity index is 957. The predicted molar refractivity (Wildman–Crippen MR) is 115 cm³/mol. The second-order valence-electron chi connectivity index (χ2n) is 8.20. The second-order valence-corrected chi connectivity index (χ2v) is 8.20. The van der Waals surface area contributed by atoms with Crippen LogP contribution in [0.3, 0.4) is 0 Å². The van der Waals surface area contributed by atoms with Gasteiger partial charge in [-0.3, -0.25) is 10.00 Å². The Labute approximate surface area is 202 Å². The lowest BCUT2D eigenvalue weighted by Crippen LogP contribution is -2.37. The minimum absolute atomic E-state index is 0.725. The molecule has 1 atom stereocenters. The van der Waals surface area contributed by atoms with Gasteiger partial charge in [0.25, 0.3) is 0 Å². The average Bonchev–Trinajstić information content (AvgIpc) is 3.47. The number of aromatic amines is 1. The number of carboxylic acids is 2. The van der Waals surface area contributed by atoms with E-state index in [0.717, 1.165) is 25.4 Å². The molecule has 0 radical (unpaired) electrons. The molecule has 200 valence electrons. The Morgan fingerprint density at radius 3 is 2.06 bits per heavy atom. The molecule has 1 aromatic carbocycles. The topological polar surface area (TPSA) is 110 Å². The third-order valence-corrected chi connectivity index (χ3v) is 5.64. The largest absolute Gasteiger partial charge is 0.490 e. The van der Waals surface area contributed by atoms with Crippen molar-refractivity contribution in [3.05, 3.63) is 53.3 Å². The summed E-state index contributed by atoms with van der Waals surface area (Å²) >= 11 is 0. The van der Waals surface area contributed by atoms with Gasteiger partial charge in [0.05, 0.1) is 6.20 Å². The number of likely N-dealkylation sites (tertiary alicyclic amines) is 1. The molecule has 0 bridgehead atoms. The van der Waals surface area contributed by atoms with Crippen LogP contribution in [0.1, 0.15) is 29.2 Å². The van der Waals surface area contributed by atoms with Crippen LogP contribution in [-0.2, 0) is 22.6 Å². The van der Waals surface area contributed by atoms with Gasteiger partial charge >= 0.3 is 24.3 Å². The van der Waals surface area contributed by atoms with Crippen LogP contribution < -0.4 is 0 Å². The number of carbonyl (C=O) groups is 2. The molecule has 8 nitrogen and oxygen atoms in total. The lowest BCUT2D eigenvalue weighted by Gasteiger charge is -2.28. The molecule has 3 N–H and O–H groups in total. The van der Waals surface area contributed by atoms with Gasteiger partial charge in [-0.05, 0) is 24.4 Å². The first-order valence-corrected chi connectivity index (χ1v) is 10.9. The number of aliphatic carboxylic acids is 2. The monoisotopic (exact) mass is 524 g/mol. The Balaban J connectivity index is 0.000000271. The van der Waals surface area contributed by atoms with Gasteiger partial charge in [-0.1, -0.05) is 30.3 Å². The van der Waals surface area contributed by atoms with Gasteiger partial charge in [0.15, 0.2) is 0 Å². The number of halogens is 6. The van der Waals surface area contributed by atoms with E-state index in [1.807, 2.05) is 6.20 Å². The molecule has 3 heterocycles. The van der Waals surface area contributed by atoms with Crippen molar-refractivity contribution in [3.8, 4) is 0 Å². The van der Waals surface area contributed by atoms with E-state index in [4.69, 9.17) is 19.8 Å². The average molecular weight is 524 g/mol. The predicted octanol–water partition coefficient (Wildman–Crippen LogP) is 3.52. The summed E-state index contributed by atoms with van der Waals surface area (Å²) in [6.07, 6.45) is -5.76. The fourth-order valence-corrected chi connectivity index (χ4v) is 3.79. The van der Waals surface area contributed by atoms with Gasteiger partial charge in [-0.2, -0.15) is 31.4 Å². The zero-order chi connectivity index (χ0) is 26.9. The summed E-state index contributed by atoms with van der Waals surface area (Å²) in [5.41, 5.74) is 4.22. The SMILES string of the molecule is O=C(O)C(F)(F)F.O=C(O)C(F)(F)F.c1ccc(C2CCN(CCN3CCc4[nH]ncc4C3)C2)cc1. The Kier molecular flexibility index (Phi) is 10.3. The van der Waals surface area contributed by atoms with E-state index in [9.17, 15) is 26.3 Å². The van der Waals surface area contributed by atoms with E-state index in [1.165, 1.54) is 49.4 Å². The molecule has 0 aliphatic carbocycles. The van der Waals surface area contributed by atoms with Crippen LogP contribution in [-0.4, -0.2) is 87.2 Å². The van der Waals surface area contributed by atoms with Crippen molar-refractivity contribution in [1.82, 2.24) is 20.0 Å². The van der Waals surface area contributed by atoms with Gasteiger partial charge < -0.3 is 15.1 Å². The molecule has 0 saturated carbocycles. The second kappa shape index (κ2) is 12.7. The van der Waals surface area contributed by atoms with Crippen LogP contribution in [0.25, 0.3) is 0 Å². The smallest absolute Gasteiger partial charge is 0.475 e. The molecule has 4 rings (SSSR count). The molecular formula is C22H26F6N4O4. The van der Waals surface area contributed by atoms with E-state index in [2.05, 4.69) is 50.3 Å². The molecule has 2 aliphatic rings. The van der Waals surface area contributed by atoms with Gasteiger partial charge in [-0.15, -0.1) is 0 Å². The summed E-state index contributed by atoms with van der Waals surface area (Å²) in [6.45, 7) is 7.04. The third kappa shape index (κ3) is 9.49. The first-order valence-electron chi connectivity index (χ1n) is 10.9. The highest BCUT2D eigenvalue weighted by atomic mass is 19.4. The number of alkyl halides is 6. The molecule has 2 aliphatic heterocycles. The van der Waals surface area contributed by atoms with Crippen LogP contribution >= 0.6 is 0 Å². The summed E-state index contributed by atoms with van der Waals surface area (Å²) in [4.78, 5) is 23.0. The minimum atomic E-state index is -5.08. The maximum absolute atomic E-state index is 10.6. The summed E-state index contributed by atoms with van der Waals surface area (Å²) in [7, 11) is 0. The Morgan fingerprint density at radius 1 is 0.944 bits per heavy atom. The normalized spacial score (nSPS) is 18.3. The first-order chi connectivity index (χ1) is 16.8. The van der Waals surface area contributed by atoms with Gasteiger partial charge in [-0.25, -0.2) is 9.59 Å². The van der Waals surface area contributed by atoms with Crippen molar-refractivity contribution < 1.29 is 46.1 Å². The molecular weight excluding hydrogens is 498 g/mol. The van der Waals surface area contributed by atoms with Crippen LogP contribution in [0.5, 0.6) is 0 Å². The number of hydrogen-bond donors (Lipinski definition) is 3. The number of rotatable bonds is 4. The number of nitrogens with zero attached hydrogens (tertiary/aromatic N) is 3. The lowest BCUT2D eigenvalue weighted by atomic mass is 9.99. The van der Waals surface area contributed by atoms with E-state index < -0.39 is 24.3 Å². The maximum Gasteiger partial charge on any atom is 0.490 e. The highest BCUT2D eigenvalue weighted by molar-refractivity contribution is 5.73. The molecule has 1 fully saturated rings. The minimum Gasteiger partial charge on any atom is -0.475 e. The Hall–Kier alpha value is -3.13. The number of benzene rings is 1. The van der Waals surface area contributed by atoms with Crippen molar-refractivity contribution in [2.75, 3.05) is 32.7 Å². The van der Waals surface area contributed by atoms with Crippen LogP contribution in [0.4, 0.5) is 26.3 Å². The van der Waals surface area contributed by atoms with E-state index in [-0.39, 0.29) is 0 Å². The standard InChI is InChI=1S/C18H24N4.2C2HF3O2/c1-2-4-15(5-3-1)16-6-8-21(13-16)10-11-22-9-7-18-17(14-22)12-19-20-18;2*3-2(4,5)1(6)7/h1-5,12,16H,6-11,13-14H2,(H,19,20);2*(H,6,7). The van der Waals surface area contributed by atoms with Gasteiger partial charge in [0, 0.05) is 50.4 Å². The zero-order valence-electron chi connectivity index (χ0n) is 19.0. The molecule has 2 aromatic rings. The van der Waals surface area contributed by atoms with E-state index in [1.54, 1.807) is 0 Å². The van der Waals surface area contributed by atoms with Crippen molar-refractivity contribution >= 4 is 11.9 Å². The quantitative estimate of drug-likeness (QED) is 0.525. The highest BCUT2D eigenvalue weighted by Crippen LogP contribution is 2.27. The number of H-pyrrole nitrogens is 1. The highest BCUT2D eigenvalue weighted by Gasteiger charge is 2.38.